The zero-order chi connectivity index (χ0) is 17.1. The fourth-order valence-corrected chi connectivity index (χ4v) is 3.11. The average Bonchev–Trinajstić information content (AvgIpc) is 2.82. The monoisotopic (exact) mass is 347 g/mol. The van der Waals surface area contributed by atoms with Gasteiger partial charge < -0.3 is 9.80 Å². The molecule has 0 atom stereocenters. The van der Waals surface area contributed by atoms with Gasteiger partial charge in [-0.05, 0) is 43.7 Å². The van der Waals surface area contributed by atoms with E-state index >= 15 is 0 Å². The maximum Gasteiger partial charge on any atom is 0.256 e. The molecule has 0 unspecified atom stereocenters. The fourth-order valence-electron chi connectivity index (χ4n) is 2.94. The molecule has 0 spiro atoms. The molecule has 1 aliphatic rings. The van der Waals surface area contributed by atoms with Gasteiger partial charge in [0, 0.05) is 48.8 Å². The molecule has 4 nitrogen and oxygen atoms in total. The van der Waals surface area contributed by atoms with Gasteiger partial charge in [0.05, 0.1) is 5.56 Å². The van der Waals surface area contributed by atoms with Crippen molar-refractivity contribution < 1.29 is 9.18 Å². The van der Waals surface area contributed by atoms with Gasteiger partial charge in [-0.2, -0.15) is 0 Å². The zero-order valence-corrected chi connectivity index (χ0v) is 14.3. The summed E-state index contributed by atoms with van der Waals surface area (Å²) < 4.78 is 13.9. The van der Waals surface area contributed by atoms with Crippen molar-refractivity contribution in [1.82, 2.24) is 9.88 Å². The predicted molar refractivity (Wildman–Crippen MR) is 93.1 cm³/mol. The van der Waals surface area contributed by atoms with E-state index in [4.69, 9.17) is 11.6 Å². The lowest BCUT2D eigenvalue weighted by Gasteiger charge is -2.24. The predicted octanol–water partition coefficient (Wildman–Crippen LogP) is 3.54. The number of pyridine rings is 1. The molecule has 126 valence electrons. The van der Waals surface area contributed by atoms with Crippen molar-refractivity contribution >= 4 is 23.2 Å². The first-order valence-corrected chi connectivity index (χ1v) is 8.34. The van der Waals surface area contributed by atoms with Crippen LogP contribution in [0.1, 0.15) is 22.5 Å². The summed E-state index contributed by atoms with van der Waals surface area (Å²) in [7, 11) is 0. The normalized spacial score (nSPS) is 15.3. The summed E-state index contributed by atoms with van der Waals surface area (Å²) in [6.45, 7) is 4.67. The molecule has 0 saturated carbocycles. The zero-order valence-electron chi connectivity index (χ0n) is 13.5. The fraction of sp³-hybridized carbons (Fsp3) is 0.333. The minimum absolute atomic E-state index is 0.0377. The van der Waals surface area contributed by atoms with Crippen LogP contribution in [0.25, 0.3) is 0 Å². The quantitative estimate of drug-likeness (QED) is 0.833. The first-order valence-electron chi connectivity index (χ1n) is 7.96. The lowest BCUT2D eigenvalue weighted by atomic mass is 10.2. The summed E-state index contributed by atoms with van der Waals surface area (Å²) in [6.07, 6.45) is 2.62. The van der Waals surface area contributed by atoms with E-state index in [1.54, 1.807) is 11.1 Å². The van der Waals surface area contributed by atoms with E-state index < -0.39 is 5.82 Å². The van der Waals surface area contributed by atoms with Crippen LogP contribution >= 0.6 is 11.6 Å². The molecule has 1 saturated heterocycles. The Morgan fingerprint density at radius 3 is 2.79 bits per heavy atom. The molecule has 24 heavy (non-hydrogen) atoms. The molecular weight excluding hydrogens is 329 g/mol. The van der Waals surface area contributed by atoms with Crippen LogP contribution in [0.5, 0.6) is 0 Å². The molecular formula is C18H19ClFN3O. The number of benzene rings is 1. The van der Waals surface area contributed by atoms with Gasteiger partial charge in [0.25, 0.3) is 5.91 Å². The molecule has 1 aromatic carbocycles. The number of anilines is 1. The Morgan fingerprint density at radius 2 is 2.00 bits per heavy atom. The molecule has 2 aromatic rings. The molecule has 1 aromatic heterocycles. The summed E-state index contributed by atoms with van der Waals surface area (Å²) in [5.41, 5.74) is 2.10. The van der Waals surface area contributed by atoms with E-state index in [9.17, 15) is 9.18 Å². The average molecular weight is 348 g/mol. The van der Waals surface area contributed by atoms with E-state index in [1.807, 2.05) is 19.1 Å². The standard InChI is InChI=1S/C18H19ClFN3O/c1-13-11-15(5-6-21-13)22-7-2-8-23(10-9-22)18(24)16-12-14(19)3-4-17(16)20/h3-6,11-12H,2,7-10H2,1H3. The topological polar surface area (TPSA) is 36.4 Å². The highest BCUT2D eigenvalue weighted by Gasteiger charge is 2.23. The molecule has 0 radical (unpaired) electrons. The third-order valence-corrected chi connectivity index (χ3v) is 4.42. The van der Waals surface area contributed by atoms with Crippen LogP contribution in [0.15, 0.2) is 36.5 Å². The van der Waals surface area contributed by atoms with Gasteiger partial charge >= 0.3 is 0 Å². The first kappa shape index (κ1) is 16.7. The highest BCUT2D eigenvalue weighted by atomic mass is 35.5. The third-order valence-electron chi connectivity index (χ3n) is 4.19. The second-order valence-electron chi connectivity index (χ2n) is 5.91. The Labute approximate surface area is 145 Å². The van der Waals surface area contributed by atoms with Crippen LogP contribution in [0, 0.1) is 12.7 Å². The van der Waals surface area contributed by atoms with Crippen molar-refractivity contribution in [3.63, 3.8) is 0 Å². The van der Waals surface area contributed by atoms with Crippen LogP contribution < -0.4 is 4.90 Å². The number of carbonyl (C=O) groups excluding carboxylic acids is 1. The summed E-state index contributed by atoms with van der Waals surface area (Å²) in [5, 5.41) is 0.364. The lowest BCUT2D eigenvalue weighted by molar-refractivity contribution is 0.0762. The van der Waals surface area contributed by atoms with Crippen LogP contribution in [0.2, 0.25) is 5.02 Å². The first-order chi connectivity index (χ1) is 11.5. The molecule has 1 fully saturated rings. The van der Waals surface area contributed by atoms with Crippen molar-refractivity contribution in [2.45, 2.75) is 13.3 Å². The van der Waals surface area contributed by atoms with Gasteiger partial charge in [0.1, 0.15) is 5.82 Å². The second-order valence-corrected chi connectivity index (χ2v) is 6.35. The molecule has 0 N–H and O–H groups in total. The van der Waals surface area contributed by atoms with Crippen molar-refractivity contribution in [2.24, 2.45) is 0 Å². The van der Waals surface area contributed by atoms with E-state index in [1.165, 1.54) is 18.2 Å². The Kier molecular flexibility index (Phi) is 5.00. The molecule has 3 rings (SSSR count). The number of nitrogens with zero attached hydrogens (tertiary/aromatic N) is 3. The molecule has 0 bridgehead atoms. The maximum absolute atomic E-state index is 13.9. The van der Waals surface area contributed by atoms with Crippen molar-refractivity contribution in [3.8, 4) is 0 Å². The minimum Gasteiger partial charge on any atom is -0.370 e. The maximum atomic E-state index is 13.9. The molecule has 0 aliphatic carbocycles. The van der Waals surface area contributed by atoms with Crippen molar-refractivity contribution in [1.29, 1.82) is 0 Å². The summed E-state index contributed by atoms with van der Waals surface area (Å²) >= 11 is 5.90. The SMILES string of the molecule is Cc1cc(N2CCCN(C(=O)c3cc(Cl)ccc3F)CC2)ccn1. The Balaban J connectivity index is 1.73. The van der Waals surface area contributed by atoms with E-state index in [0.717, 1.165) is 24.3 Å². The summed E-state index contributed by atoms with van der Waals surface area (Å²) in [4.78, 5) is 20.8. The lowest BCUT2D eigenvalue weighted by Crippen LogP contribution is -2.35. The number of rotatable bonds is 2. The van der Waals surface area contributed by atoms with E-state index in [0.29, 0.717) is 24.7 Å². The van der Waals surface area contributed by atoms with Gasteiger partial charge in [0.15, 0.2) is 0 Å². The van der Waals surface area contributed by atoms with Crippen LogP contribution in [-0.2, 0) is 0 Å². The number of hydrogen-bond donors (Lipinski definition) is 0. The van der Waals surface area contributed by atoms with Gasteiger partial charge in [-0.3, -0.25) is 9.78 Å². The largest absolute Gasteiger partial charge is 0.370 e. The van der Waals surface area contributed by atoms with E-state index in [-0.39, 0.29) is 11.5 Å². The summed E-state index contributed by atoms with van der Waals surface area (Å²) in [6, 6.07) is 8.09. The number of aryl methyl sites for hydroxylation is 1. The van der Waals surface area contributed by atoms with Gasteiger partial charge in [-0.25, -0.2) is 4.39 Å². The highest BCUT2D eigenvalue weighted by Crippen LogP contribution is 2.20. The summed E-state index contributed by atoms with van der Waals surface area (Å²) in [5.74, 6) is -0.835. The highest BCUT2D eigenvalue weighted by molar-refractivity contribution is 6.31. The Morgan fingerprint density at radius 1 is 1.17 bits per heavy atom. The van der Waals surface area contributed by atoms with Gasteiger partial charge in [-0.1, -0.05) is 11.6 Å². The number of amides is 1. The molecule has 1 aliphatic heterocycles. The second kappa shape index (κ2) is 7.18. The molecule has 1 amide bonds. The Bertz CT molecular complexity index is 753. The minimum atomic E-state index is -0.532. The molecule has 6 heteroatoms. The smallest absolute Gasteiger partial charge is 0.256 e. The number of aromatic nitrogens is 1. The van der Waals surface area contributed by atoms with Crippen LogP contribution in [0.3, 0.4) is 0 Å². The van der Waals surface area contributed by atoms with Crippen molar-refractivity contribution in [3.05, 3.63) is 58.6 Å². The number of carbonyl (C=O) groups is 1. The Hall–Kier alpha value is -2.14. The number of halogens is 2. The van der Waals surface area contributed by atoms with Crippen molar-refractivity contribution in [2.75, 3.05) is 31.1 Å². The van der Waals surface area contributed by atoms with Gasteiger partial charge in [0.2, 0.25) is 0 Å². The van der Waals surface area contributed by atoms with Gasteiger partial charge in [-0.15, -0.1) is 0 Å². The van der Waals surface area contributed by atoms with Crippen LogP contribution in [0.4, 0.5) is 10.1 Å². The third kappa shape index (κ3) is 3.67. The number of hydrogen-bond acceptors (Lipinski definition) is 3. The van der Waals surface area contributed by atoms with Crippen LogP contribution in [-0.4, -0.2) is 42.0 Å². The molecule has 2 heterocycles. The van der Waals surface area contributed by atoms with E-state index in [2.05, 4.69) is 9.88 Å².